The fourth-order valence-corrected chi connectivity index (χ4v) is 3.65. The van der Waals surface area contributed by atoms with Crippen LogP contribution in [-0.4, -0.2) is 49.2 Å². The van der Waals surface area contributed by atoms with Crippen LogP contribution in [0, 0.1) is 0 Å². The van der Waals surface area contributed by atoms with Gasteiger partial charge in [0.15, 0.2) is 5.76 Å². The van der Waals surface area contributed by atoms with Gasteiger partial charge in [0.25, 0.3) is 5.91 Å². The molecule has 0 saturated carbocycles. The molecule has 1 aromatic heterocycles. The molecule has 158 valence electrons. The minimum absolute atomic E-state index is 0.145. The molecule has 1 aliphatic heterocycles. The maximum atomic E-state index is 12.5. The van der Waals surface area contributed by atoms with Crippen LogP contribution in [0.2, 0.25) is 0 Å². The molecule has 0 bridgehead atoms. The van der Waals surface area contributed by atoms with Crippen molar-refractivity contribution >= 4 is 16.7 Å². The molecule has 6 nitrogen and oxygen atoms in total. The predicted octanol–water partition coefficient (Wildman–Crippen LogP) is 3.85. The van der Waals surface area contributed by atoms with Crippen molar-refractivity contribution in [2.45, 2.75) is 26.0 Å². The van der Waals surface area contributed by atoms with Gasteiger partial charge >= 0.3 is 0 Å². The highest BCUT2D eigenvalue weighted by atomic mass is 16.5. The first kappa shape index (κ1) is 20.4. The number of morpholine rings is 1. The molecule has 4 rings (SSSR count). The number of hydrogen-bond donors (Lipinski definition) is 1. The van der Waals surface area contributed by atoms with Crippen molar-refractivity contribution in [3.8, 4) is 5.75 Å². The predicted molar refractivity (Wildman–Crippen MR) is 116 cm³/mol. The summed E-state index contributed by atoms with van der Waals surface area (Å²) in [5, 5.41) is 5.28. The molecule has 0 unspecified atom stereocenters. The standard InChI is InChI=1S/C24H28N2O4/c1-24(2,26-11-13-28-14-12-26)17-25-23(27)22-10-9-21(30-22)16-29-20-8-7-18-5-3-4-6-19(18)15-20/h3-10,15H,11-14,16-17H2,1-2H3,(H,25,27). The molecule has 0 radical (unpaired) electrons. The van der Waals surface area contributed by atoms with E-state index in [1.165, 1.54) is 5.39 Å². The highest BCUT2D eigenvalue weighted by molar-refractivity contribution is 5.91. The van der Waals surface area contributed by atoms with E-state index in [1.54, 1.807) is 12.1 Å². The average Bonchev–Trinajstić information content (AvgIpc) is 3.26. The van der Waals surface area contributed by atoms with E-state index < -0.39 is 0 Å². The molecule has 3 aromatic rings. The van der Waals surface area contributed by atoms with Gasteiger partial charge < -0.3 is 19.2 Å². The molecule has 1 aliphatic rings. The Morgan fingerprint density at radius 2 is 1.83 bits per heavy atom. The number of carbonyl (C=O) groups excluding carboxylic acids is 1. The number of hydrogen-bond acceptors (Lipinski definition) is 5. The van der Waals surface area contributed by atoms with Crippen molar-refractivity contribution in [1.82, 2.24) is 10.2 Å². The van der Waals surface area contributed by atoms with Crippen LogP contribution in [0.15, 0.2) is 59.0 Å². The first-order valence-electron chi connectivity index (χ1n) is 10.3. The minimum Gasteiger partial charge on any atom is -0.486 e. The van der Waals surface area contributed by atoms with E-state index in [-0.39, 0.29) is 18.1 Å². The maximum absolute atomic E-state index is 12.5. The van der Waals surface area contributed by atoms with Crippen LogP contribution in [0.5, 0.6) is 5.75 Å². The Balaban J connectivity index is 1.31. The molecular weight excluding hydrogens is 380 g/mol. The van der Waals surface area contributed by atoms with E-state index in [0.29, 0.717) is 18.1 Å². The summed E-state index contributed by atoms with van der Waals surface area (Å²) in [4.78, 5) is 14.9. The normalized spacial score (nSPS) is 15.3. The van der Waals surface area contributed by atoms with E-state index in [9.17, 15) is 4.79 Å². The van der Waals surface area contributed by atoms with Gasteiger partial charge in [-0.25, -0.2) is 0 Å². The zero-order valence-corrected chi connectivity index (χ0v) is 17.5. The third-order valence-corrected chi connectivity index (χ3v) is 5.54. The number of carbonyl (C=O) groups is 1. The number of nitrogens with one attached hydrogen (secondary N) is 1. The third-order valence-electron chi connectivity index (χ3n) is 5.54. The Morgan fingerprint density at radius 1 is 1.07 bits per heavy atom. The number of furan rings is 1. The lowest BCUT2D eigenvalue weighted by Crippen LogP contribution is -2.55. The lowest BCUT2D eigenvalue weighted by atomic mass is 10.0. The van der Waals surface area contributed by atoms with Crippen molar-refractivity contribution in [3.05, 3.63) is 66.1 Å². The summed E-state index contributed by atoms with van der Waals surface area (Å²) < 4.78 is 17.0. The Labute approximate surface area is 176 Å². The van der Waals surface area contributed by atoms with Crippen molar-refractivity contribution in [2.75, 3.05) is 32.8 Å². The van der Waals surface area contributed by atoms with Gasteiger partial charge in [-0.3, -0.25) is 9.69 Å². The molecule has 2 aromatic carbocycles. The Hall–Kier alpha value is -2.83. The summed E-state index contributed by atoms with van der Waals surface area (Å²) in [5.74, 6) is 1.46. The van der Waals surface area contributed by atoms with Crippen LogP contribution in [-0.2, 0) is 11.3 Å². The topological polar surface area (TPSA) is 63.9 Å². The summed E-state index contributed by atoms with van der Waals surface area (Å²) in [7, 11) is 0. The molecule has 1 saturated heterocycles. The van der Waals surface area contributed by atoms with Gasteiger partial charge in [0.1, 0.15) is 18.1 Å². The van der Waals surface area contributed by atoms with Crippen LogP contribution < -0.4 is 10.1 Å². The van der Waals surface area contributed by atoms with Crippen molar-refractivity contribution in [3.63, 3.8) is 0 Å². The first-order valence-corrected chi connectivity index (χ1v) is 10.3. The number of nitrogens with zero attached hydrogens (tertiary/aromatic N) is 1. The Morgan fingerprint density at radius 3 is 2.63 bits per heavy atom. The largest absolute Gasteiger partial charge is 0.486 e. The summed E-state index contributed by atoms with van der Waals surface area (Å²) in [5.41, 5.74) is -0.145. The second kappa shape index (κ2) is 8.90. The van der Waals surface area contributed by atoms with Gasteiger partial charge in [0.05, 0.1) is 13.2 Å². The molecule has 30 heavy (non-hydrogen) atoms. The summed E-state index contributed by atoms with van der Waals surface area (Å²) in [6, 6.07) is 17.6. The smallest absolute Gasteiger partial charge is 0.287 e. The molecule has 0 aliphatic carbocycles. The molecular formula is C24H28N2O4. The number of ether oxygens (including phenoxy) is 2. The molecule has 1 N–H and O–H groups in total. The van der Waals surface area contributed by atoms with Crippen molar-refractivity contribution in [2.24, 2.45) is 0 Å². The third kappa shape index (κ3) is 4.83. The summed E-state index contributed by atoms with van der Waals surface area (Å²) in [6.45, 7) is 8.28. The zero-order chi connectivity index (χ0) is 21.0. The highest BCUT2D eigenvalue weighted by Gasteiger charge is 2.29. The fourth-order valence-electron chi connectivity index (χ4n) is 3.65. The second-order valence-corrected chi connectivity index (χ2v) is 8.16. The van der Waals surface area contributed by atoms with Crippen molar-refractivity contribution < 1.29 is 18.7 Å². The van der Waals surface area contributed by atoms with Gasteiger partial charge in [0, 0.05) is 25.2 Å². The highest BCUT2D eigenvalue weighted by Crippen LogP contribution is 2.22. The van der Waals surface area contributed by atoms with Crippen LogP contribution in [0.4, 0.5) is 0 Å². The van der Waals surface area contributed by atoms with Gasteiger partial charge in [-0.1, -0.05) is 30.3 Å². The lowest BCUT2D eigenvalue weighted by Gasteiger charge is -2.40. The van der Waals surface area contributed by atoms with Gasteiger partial charge in [-0.05, 0) is 48.9 Å². The van der Waals surface area contributed by atoms with Crippen LogP contribution in [0.3, 0.4) is 0 Å². The maximum Gasteiger partial charge on any atom is 0.287 e. The van der Waals surface area contributed by atoms with Gasteiger partial charge in [0.2, 0.25) is 0 Å². The molecule has 2 heterocycles. The molecule has 6 heteroatoms. The fraction of sp³-hybridized carbons (Fsp3) is 0.375. The summed E-state index contributed by atoms with van der Waals surface area (Å²) >= 11 is 0. The van der Waals surface area contributed by atoms with Crippen LogP contribution in [0.1, 0.15) is 30.2 Å². The van der Waals surface area contributed by atoms with Crippen LogP contribution in [0.25, 0.3) is 10.8 Å². The van der Waals surface area contributed by atoms with E-state index >= 15 is 0 Å². The lowest BCUT2D eigenvalue weighted by molar-refractivity contribution is -0.00930. The van der Waals surface area contributed by atoms with E-state index in [1.807, 2.05) is 30.3 Å². The van der Waals surface area contributed by atoms with E-state index in [4.69, 9.17) is 13.9 Å². The minimum atomic E-state index is -0.215. The monoisotopic (exact) mass is 408 g/mol. The molecule has 1 amide bonds. The Kier molecular flexibility index (Phi) is 6.06. The molecule has 0 atom stereocenters. The number of amides is 1. The number of rotatable bonds is 7. The molecule has 1 fully saturated rings. The SMILES string of the molecule is CC(C)(CNC(=O)c1ccc(COc2ccc3ccccc3c2)o1)N1CCOCC1. The van der Waals surface area contributed by atoms with Crippen LogP contribution >= 0.6 is 0 Å². The Bertz CT molecular complexity index is 1010. The van der Waals surface area contributed by atoms with Gasteiger partial charge in [-0.2, -0.15) is 0 Å². The quantitative estimate of drug-likeness (QED) is 0.643. The molecule has 0 spiro atoms. The number of fused-ring (bicyclic) bond motifs is 1. The zero-order valence-electron chi connectivity index (χ0n) is 17.5. The number of benzene rings is 2. The second-order valence-electron chi connectivity index (χ2n) is 8.16. The average molecular weight is 408 g/mol. The summed E-state index contributed by atoms with van der Waals surface area (Å²) in [6.07, 6.45) is 0. The first-order chi connectivity index (χ1) is 14.5. The van der Waals surface area contributed by atoms with E-state index in [2.05, 4.69) is 36.2 Å². The van der Waals surface area contributed by atoms with Gasteiger partial charge in [-0.15, -0.1) is 0 Å². The van der Waals surface area contributed by atoms with E-state index in [0.717, 1.165) is 37.4 Å². The van der Waals surface area contributed by atoms with Crippen molar-refractivity contribution in [1.29, 1.82) is 0 Å².